The predicted octanol–water partition coefficient (Wildman–Crippen LogP) is -0.0227. The Bertz CT molecular complexity index is 608. The van der Waals surface area contributed by atoms with E-state index in [-0.39, 0.29) is 11.9 Å². The van der Waals surface area contributed by atoms with Gasteiger partial charge in [-0.25, -0.2) is 13.4 Å². The molecule has 0 spiro atoms. The molecule has 7 nitrogen and oxygen atoms in total. The molecule has 0 saturated heterocycles. The standard InChI is InChI=1S/C12H19N3O4S/c1-9-12-13-6-10(7-19-2)15(12)5-4-14(9)11(16)8-20(3,17)18/h6,9H,4-5,7-8H2,1-3H3/t9-/m1/s1. The van der Waals surface area contributed by atoms with Crippen molar-refractivity contribution in [2.75, 3.05) is 25.7 Å². The van der Waals surface area contributed by atoms with Crippen molar-refractivity contribution < 1.29 is 17.9 Å². The van der Waals surface area contributed by atoms with E-state index in [2.05, 4.69) is 4.98 Å². The first-order valence-corrected chi connectivity index (χ1v) is 8.40. The van der Waals surface area contributed by atoms with Gasteiger partial charge in [-0.1, -0.05) is 0 Å². The number of hydrogen-bond acceptors (Lipinski definition) is 5. The lowest BCUT2D eigenvalue weighted by Crippen LogP contribution is -2.43. The molecule has 0 aliphatic carbocycles. The lowest BCUT2D eigenvalue weighted by atomic mass is 10.2. The molecule has 0 saturated carbocycles. The molecule has 1 aliphatic rings. The number of carbonyl (C=O) groups excluding carboxylic acids is 1. The number of ether oxygens (including phenoxy) is 1. The molecule has 20 heavy (non-hydrogen) atoms. The lowest BCUT2D eigenvalue weighted by Gasteiger charge is -2.34. The Kier molecular flexibility index (Phi) is 4.14. The van der Waals surface area contributed by atoms with Gasteiger partial charge >= 0.3 is 0 Å². The fraction of sp³-hybridized carbons (Fsp3) is 0.667. The minimum atomic E-state index is -3.32. The molecule has 1 aromatic heterocycles. The Morgan fingerprint density at radius 3 is 2.80 bits per heavy atom. The maximum absolute atomic E-state index is 12.1. The highest BCUT2D eigenvalue weighted by Gasteiger charge is 2.31. The molecule has 1 amide bonds. The molecular formula is C12H19N3O4S. The molecule has 1 aliphatic heterocycles. The number of fused-ring (bicyclic) bond motifs is 1. The van der Waals surface area contributed by atoms with Gasteiger partial charge in [-0.3, -0.25) is 4.79 Å². The number of rotatable bonds is 4. The fourth-order valence-electron chi connectivity index (χ4n) is 2.47. The SMILES string of the molecule is COCc1cnc2n1CCN(C(=O)CS(C)(=O)=O)[C@@H]2C. The Hall–Kier alpha value is -1.41. The number of carbonyl (C=O) groups is 1. The fourth-order valence-corrected chi connectivity index (χ4v) is 3.08. The molecular weight excluding hydrogens is 282 g/mol. The average molecular weight is 301 g/mol. The third-order valence-corrected chi connectivity index (χ3v) is 4.14. The highest BCUT2D eigenvalue weighted by atomic mass is 32.2. The zero-order valence-corrected chi connectivity index (χ0v) is 12.7. The van der Waals surface area contributed by atoms with E-state index in [9.17, 15) is 13.2 Å². The number of hydrogen-bond donors (Lipinski definition) is 0. The minimum Gasteiger partial charge on any atom is -0.378 e. The van der Waals surface area contributed by atoms with Crippen LogP contribution in [-0.2, 0) is 32.5 Å². The number of methoxy groups -OCH3 is 1. The van der Waals surface area contributed by atoms with E-state index in [1.165, 1.54) is 0 Å². The molecule has 1 atom stereocenters. The molecule has 0 N–H and O–H groups in total. The number of amides is 1. The van der Waals surface area contributed by atoms with Gasteiger partial charge < -0.3 is 14.2 Å². The monoisotopic (exact) mass is 301 g/mol. The first kappa shape index (κ1) is 15.0. The van der Waals surface area contributed by atoms with E-state index in [1.807, 2.05) is 11.5 Å². The van der Waals surface area contributed by atoms with Crippen molar-refractivity contribution in [2.24, 2.45) is 0 Å². The molecule has 112 valence electrons. The quantitative estimate of drug-likeness (QED) is 0.780. The Labute approximate surface area is 118 Å². The van der Waals surface area contributed by atoms with E-state index in [1.54, 1.807) is 18.2 Å². The van der Waals surface area contributed by atoms with Crippen LogP contribution in [0.2, 0.25) is 0 Å². The molecule has 0 unspecified atom stereocenters. The van der Waals surface area contributed by atoms with E-state index >= 15 is 0 Å². The second kappa shape index (κ2) is 5.53. The summed E-state index contributed by atoms with van der Waals surface area (Å²) in [5.74, 6) is -0.0594. The summed E-state index contributed by atoms with van der Waals surface area (Å²) in [5, 5.41) is 0. The topological polar surface area (TPSA) is 81.5 Å². The molecule has 2 rings (SSSR count). The van der Waals surface area contributed by atoms with Crippen LogP contribution < -0.4 is 0 Å². The number of imidazole rings is 1. The predicted molar refractivity (Wildman–Crippen MR) is 72.8 cm³/mol. The zero-order valence-electron chi connectivity index (χ0n) is 11.9. The van der Waals surface area contributed by atoms with Gasteiger partial charge in [-0.15, -0.1) is 0 Å². The number of nitrogens with zero attached hydrogens (tertiary/aromatic N) is 3. The Morgan fingerprint density at radius 1 is 1.50 bits per heavy atom. The average Bonchev–Trinajstić information content (AvgIpc) is 2.72. The summed E-state index contributed by atoms with van der Waals surface area (Å²) in [7, 11) is -1.70. The molecule has 0 aromatic carbocycles. The van der Waals surface area contributed by atoms with Gasteiger partial charge in [0.1, 0.15) is 11.6 Å². The summed E-state index contributed by atoms with van der Waals surface area (Å²) in [4.78, 5) is 17.9. The van der Waals surface area contributed by atoms with E-state index in [4.69, 9.17) is 4.74 Å². The summed E-state index contributed by atoms with van der Waals surface area (Å²) >= 11 is 0. The molecule has 0 radical (unpaired) electrons. The van der Waals surface area contributed by atoms with Gasteiger partial charge in [-0.2, -0.15) is 0 Å². The van der Waals surface area contributed by atoms with Crippen LogP contribution >= 0.6 is 0 Å². The van der Waals surface area contributed by atoms with Gasteiger partial charge in [0, 0.05) is 26.5 Å². The van der Waals surface area contributed by atoms with Crippen molar-refractivity contribution >= 4 is 15.7 Å². The normalized spacial score (nSPS) is 18.9. The summed E-state index contributed by atoms with van der Waals surface area (Å²) in [6, 6.07) is -0.233. The summed E-state index contributed by atoms with van der Waals surface area (Å²) in [6.45, 7) is 3.41. The van der Waals surface area contributed by atoms with Crippen LogP contribution in [0.5, 0.6) is 0 Å². The number of sulfone groups is 1. The van der Waals surface area contributed by atoms with Crippen molar-refractivity contribution in [3.8, 4) is 0 Å². The van der Waals surface area contributed by atoms with Gasteiger partial charge in [0.15, 0.2) is 9.84 Å². The smallest absolute Gasteiger partial charge is 0.238 e. The second-order valence-corrected chi connectivity index (χ2v) is 7.17. The molecule has 8 heteroatoms. The maximum Gasteiger partial charge on any atom is 0.238 e. The lowest BCUT2D eigenvalue weighted by molar-refractivity contribution is -0.131. The van der Waals surface area contributed by atoms with Crippen molar-refractivity contribution in [1.29, 1.82) is 0 Å². The van der Waals surface area contributed by atoms with Crippen LogP contribution in [0.25, 0.3) is 0 Å². The van der Waals surface area contributed by atoms with Gasteiger partial charge in [0.05, 0.1) is 24.5 Å². The van der Waals surface area contributed by atoms with Crippen molar-refractivity contribution in [3.05, 3.63) is 17.7 Å². The highest BCUT2D eigenvalue weighted by Crippen LogP contribution is 2.25. The largest absolute Gasteiger partial charge is 0.378 e. The van der Waals surface area contributed by atoms with Crippen molar-refractivity contribution in [1.82, 2.24) is 14.5 Å². The van der Waals surface area contributed by atoms with Crippen LogP contribution in [0.3, 0.4) is 0 Å². The van der Waals surface area contributed by atoms with E-state index < -0.39 is 15.6 Å². The van der Waals surface area contributed by atoms with Crippen molar-refractivity contribution in [2.45, 2.75) is 26.1 Å². The molecule has 1 aromatic rings. The Balaban J connectivity index is 2.19. The minimum absolute atomic E-state index is 0.233. The third kappa shape index (κ3) is 3.01. The van der Waals surface area contributed by atoms with Crippen LogP contribution in [0.15, 0.2) is 6.20 Å². The first-order valence-electron chi connectivity index (χ1n) is 6.34. The zero-order chi connectivity index (χ0) is 14.9. The Morgan fingerprint density at radius 2 is 2.20 bits per heavy atom. The van der Waals surface area contributed by atoms with Crippen LogP contribution in [0.4, 0.5) is 0 Å². The summed E-state index contributed by atoms with van der Waals surface area (Å²) in [5.41, 5.74) is 0.963. The van der Waals surface area contributed by atoms with Crippen LogP contribution in [0.1, 0.15) is 24.5 Å². The van der Waals surface area contributed by atoms with Crippen LogP contribution in [0, 0.1) is 0 Å². The maximum atomic E-state index is 12.1. The molecule has 2 heterocycles. The van der Waals surface area contributed by atoms with Crippen molar-refractivity contribution in [3.63, 3.8) is 0 Å². The van der Waals surface area contributed by atoms with Gasteiger partial charge in [0.2, 0.25) is 5.91 Å². The molecule has 0 bridgehead atoms. The first-order chi connectivity index (χ1) is 9.33. The van der Waals surface area contributed by atoms with Gasteiger partial charge in [0.25, 0.3) is 0 Å². The van der Waals surface area contributed by atoms with E-state index in [0.29, 0.717) is 19.7 Å². The molecule has 0 fully saturated rings. The van der Waals surface area contributed by atoms with Crippen LogP contribution in [-0.4, -0.2) is 54.4 Å². The summed E-state index contributed by atoms with van der Waals surface area (Å²) < 4.78 is 29.6. The summed E-state index contributed by atoms with van der Waals surface area (Å²) in [6.07, 6.45) is 2.80. The highest BCUT2D eigenvalue weighted by molar-refractivity contribution is 7.91. The second-order valence-electron chi connectivity index (χ2n) is 5.03. The third-order valence-electron chi connectivity index (χ3n) is 3.37. The number of aromatic nitrogens is 2. The van der Waals surface area contributed by atoms with Gasteiger partial charge in [-0.05, 0) is 6.92 Å². The van der Waals surface area contributed by atoms with E-state index in [0.717, 1.165) is 17.8 Å².